The largest absolute Gasteiger partial charge is 0.342 e. The van der Waals surface area contributed by atoms with Crippen LogP contribution in [0, 0.1) is 5.92 Å². The molecule has 0 radical (unpaired) electrons. The van der Waals surface area contributed by atoms with Crippen molar-refractivity contribution in [2.45, 2.75) is 46.2 Å². The van der Waals surface area contributed by atoms with Crippen LogP contribution in [-0.2, 0) is 9.59 Å². The first kappa shape index (κ1) is 12.0. The summed E-state index contributed by atoms with van der Waals surface area (Å²) in [5.74, 6) is 0.212. The van der Waals surface area contributed by atoms with E-state index in [0.29, 0.717) is 6.54 Å². The summed E-state index contributed by atoms with van der Waals surface area (Å²) in [4.78, 5) is 25.3. The molecular weight excluding hydrogens is 192 g/mol. The highest BCUT2D eigenvalue weighted by molar-refractivity contribution is 5.96. The van der Waals surface area contributed by atoms with E-state index >= 15 is 0 Å². The molecule has 0 bridgehead atoms. The highest BCUT2D eigenvalue weighted by Crippen LogP contribution is 2.17. The number of carbonyl (C=O) groups excluding carboxylic acids is 2. The number of amides is 2. The van der Waals surface area contributed by atoms with E-state index in [1.165, 1.54) is 0 Å². The number of likely N-dealkylation sites (N-methyl/N-ethyl adjacent to an activating group) is 1. The average molecular weight is 212 g/mol. The predicted octanol–water partition coefficient (Wildman–Crippen LogP) is 0.768. The Balaban J connectivity index is 2.85. The Bertz CT molecular complexity index is 265. The molecule has 1 aliphatic heterocycles. The zero-order chi connectivity index (χ0) is 11.6. The molecule has 0 aromatic carbocycles. The van der Waals surface area contributed by atoms with E-state index in [2.05, 4.69) is 5.32 Å². The molecule has 1 N–H and O–H groups in total. The maximum Gasteiger partial charge on any atom is 0.246 e. The maximum absolute atomic E-state index is 12.0. The van der Waals surface area contributed by atoms with Gasteiger partial charge in [0.25, 0.3) is 0 Å². The standard InChI is InChI=1S/C11H20N2O2/c1-5-7(3)9-11(15)13(6-2)8(4)10(14)12-9/h7-9H,5-6H2,1-4H3,(H,12,14). The number of carbonyl (C=O) groups is 2. The van der Waals surface area contributed by atoms with Crippen LogP contribution in [0.2, 0.25) is 0 Å². The first-order chi connectivity index (χ1) is 7.02. The molecule has 3 atom stereocenters. The van der Waals surface area contributed by atoms with Crippen LogP contribution in [-0.4, -0.2) is 35.3 Å². The third-order valence-corrected chi connectivity index (χ3v) is 3.25. The van der Waals surface area contributed by atoms with Crippen LogP contribution in [0.5, 0.6) is 0 Å². The van der Waals surface area contributed by atoms with Crippen LogP contribution in [0.25, 0.3) is 0 Å². The number of nitrogens with zero attached hydrogens (tertiary/aromatic N) is 1. The average Bonchev–Trinajstić information content (AvgIpc) is 2.23. The van der Waals surface area contributed by atoms with Gasteiger partial charge < -0.3 is 10.2 Å². The topological polar surface area (TPSA) is 49.4 Å². The van der Waals surface area contributed by atoms with Gasteiger partial charge in [0.1, 0.15) is 12.1 Å². The summed E-state index contributed by atoms with van der Waals surface area (Å²) in [5, 5.41) is 2.80. The molecule has 0 saturated carbocycles. The second kappa shape index (κ2) is 4.64. The monoisotopic (exact) mass is 212 g/mol. The number of nitrogens with one attached hydrogen (secondary N) is 1. The molecule has 4 heteroatoms. The Kier molecular flexibility index (Phi) is 3.72. The first-order valence-corrected chi connectivity index (χ1v) is 5.63. The highest BCUT2D eigenvalue weighted by atomic mass is 16.2. The lowest BCUT2D eigenvalue weighted by Crippen LogP contribution is -2.63. The van der Waals surface area contributed by atoms with E-state index in [-0.39, 0.29) is 29.8 Å². The van der Waals surface area contributed by atoms with Gasteiger partial charge in [-0.05, 0) is 19.8 Å². The van der Waals surface area contributed by atoms with E-state index in [9.17, 15) is 9.59 Å². The fourth-order valence-electron chi connectivity index (χ4n) is 1.90. The van der Waals surface area contributed by atoms with Crippen molar-refractivity contribution in [3.05, 3.63) is 0 Å². The molecule has 3 unspecified atom stereocenters. The zero-order valence-electron chi connectivity index (χ0n) is 9.91. The van der Waals surface area contributed by atoms with E-state index in [1.807, 2.05) is 20.8 Å². The van der Waals surface area contributed by atoms with Crippen molar-refractivity contribution in [2.24, 2.45) is 5.92 Å². The van der Waals surface area contributed by atoms with E-state index < -0.39 is 0 Å². The number of hydrogen-bond acceptors (Lipinski definition) is 2. The molecular formula is C11H20N2O2. The molecule has 0 aliphatic carbocycles. The minimum Gasteiger partial charge on any atom is -0.342 e. The predicted molar refractivity (Wildman–Crippen MR) is 58.2 cm³/mol. The van der Waals surface area contributed by atoms with Gasteiger partial charge in [-0.1, -0.05) is 20.3 Å². The first-order valence-electron chi connectivity index (χ1n) is 5.63. The minimum atomic E-state index is -0.335. The summed E-state index contributed by atoms with van der Waals surface area (Å²) in [6.07, 6.45) is 0.891. The molecule has 86 valence electrons. The Hall–Kier alpha value is -1.06. The molecule has 1 fully saturated rings. The van der Waals surface area contributed by atoms with Gasteiger partial charge in [0, 0.05) is 6.54 Å². The van der Waals surface area contributed by atoms with Gasteiger partial charge in [-0.2, -0.15) is 0 Å². The van der Waals surface area contributed by atoms with E-state index in [0.717, 1.165) is 6.42 Å². The van der Waals surface area contributed by atoms with Crippen LogP contribution in [0.15, 0.2) is 0 Å². The van der Waals surface area contributed by atoms with Crippen molar-refractivity contribution in [3.8, 4) is 0 Å². The van der Waals surface area contributed by atoms with E-state index in [4.69, 9.17) is 0 Å². The number of piperazine rings is 1. The van der Waals surface area contributed by atoms with Crippen LogP contribution in [0.1, 0.15) is 34.1 Å². The van der Waals surface area contributed by atoms with Gasteiger partial charge in [-0.15, -0.1) is 0 Å². The lowest BCUT2D eigenvalue weighted by Gasteiger charge is -2.38. The lowest BCUT2D eigenvalue weighted by atomic mass is 9.94. The molecule has 1 heterocycles. The fourth-order valence-corrected chi connectivity index (χ4v) is 1.90. The normalized spacial score (nSPS) is 28.9. The van der Waals surface area contributed by atoms with Gasteiger partial charge >= 0.3 is 0 Å². The van der Waals surface area contributed by atoms with Crippen LogP contribution < -0.4 is 5.32 Å². The summed E-state index contributed by atoms with van der Waals surface area (Å²) in [6.45, 7) is 8.29. The van der Waals surface area contributed by atoms with Crippen LogP contribution >= 0.6 is 0 Å². The maximum atomic E-state index is 12.0. The Labute approximate surface area is 91.0 Å². The smallest absolute Gasteiger partial charge is 0.246 e. The second-order valence-electron chi connectivity index (χ2n) is 4.17. The molecule has 0 aromatic heterocycles. The zero-order valence-corrected chi connectivity index (χ0v) is 9.91. The fraction of sp³-hybridized carbons (Fsp3) is 0.818. The summed E-state index contributed by atoms with van der Waals surface area (Å²) in [7, 11) is 0. The van der Waals surface area contributed by atoms with Crippen molar-refractivity contribution < 1.29 is 9.59 Å². The minimum absolute atomic E-state index is 0.0400. The van der Waals surface area contributed by atoms with Crippen molar-refractivity contribution in [2.75, 3.05) is 6.54 Å². The summed E-state index contributed by atoms with van der Waals surface area (Å²) < 4.78 is 0. The van der Waals surface area contributed by atoms with Crippen molar-refractivity contribution in [3.63, 3.8) is 0 Å². The molecule has 15 heavy (non-hydrogen) atoms. The Morgan fingerprint density at radius 3 is 2.47 bits per heavy atom. The Morgan fingerprint density at radius 1 is 1.40 bits per heavy atom. The molecule has 1 saturated heterocycles. The second-order valence-corrected chi connectivity index (χ2v) is 4.17. The third kappa shape index (κ3) is 2.13. The van der Waals surface area contributed by atoms with Gasteiger partial charge in [-0.3, -0.25) is 9.59 Å². The lowest BCUT2D eigenvalue weighted by molar-refractivity contribution is -0.149. The summed E-state index contributed by atoms with van der Waals surface area (Å²) in [6, 6.07) is -0.665. The summed E-state index contributed by atoms with van der Waals surface area (Å²) >= 11 is 0. The third-order valence-electron chi connectivity index (χ3n) is 3.25. The van der Waals surface area contributed by atoms with Crippen LogP contribution in [0.4, 0.5) is 0 Å². The SMILES string of the molecule is CCC(C)C1NC(=O)C(C)N(CC)C1=O. The Morgan fingerprint density at radius 2 is 2.00 bits per heavy atom. The van der Waals surface area contributed by atoms with Gasteiger partial charge in [-0.25, -0.2) is 0 Å². The van der Waals surface area contributed by atoms with Gasteiger partial charge in [0.05, 0.1) is 0 Å². The van der Waals surface area contributed by atoms with Crippen molar-refractivity contribution in [1.82, 2.24) is 10.2 Å². The highest BCUT2D eigenvalue weighted by Gasteiger charge is 2.38. The van der Waals surface area contributed by atoms with Crippen LogP contribution in [0.3, 0.4) is 0 Å². The quantitative estimate of drug-likeness (QED) is 0.751. The number of rotatable bonds is 3. The van der Waals surface area contributed by atoms with E-state index in [1.54, 1.807) is 11.8 Å². The van der Waals surface area contributed by atoms with Gasteiger partial charge in [0.2, 0.25) is 11.8 Å². The molecule has 0 spiro atoms. The molecule has 2 amide bonds. The molecule has 4 nitrogen and oxygen atoms in total. The van der Waals surface area contributed by atoms with Crippen molar-refractivity contribution >= 4 is 11.8 Å². The molecule has 1 aliphatic rings. The summed E-state index contributed by atoms with van der Waals surface area (Å²) in [5.41, 5.74) is 0. The van der Waals surface area contributed by atoms with Gasteiger partial charge in [0.15, 0.2) is 0 Å². The molecule has 1 rings (SSSR count). The molecule has 0 aromatic rings. The van der Waals surface area contributed by atoms with Crippen molar-refractivity contribution in [1.29, 1.82) is 0 Å². The number of hydrogen-bond donors (Lipinski definition) is 1.